The molecule has 0 saturated heterocycles. The van der Waals surface area contributed by atoms with Crippen LogP contribution in [0, 0.1) is 11.8 Å². The van der Waals surface area contributed by atoms with Crippen LogP contribution < -0.4 is 0 Å². The molecule has 0 aliphatic carbocycles. The van der Waals surface area contributed by atoms with E-state index in [1.54, 1.807) is 0 Å². The van der Waals surface area contributed by atoms with Crippen LogP contribution in [-0.4, -0.2) is 96.7 Å². The lowest BCUT2D eigenvalue weighted by Gasteiger charge is -2.21. The average Bonchev–Trinajstić information content (AvgIpc) is 0.913. The number of allylic oxidation sites excluding steroid dienone is 4. The predicted octanol–water partition coefficient (Wildman–Crippen LogP) is 23.8. The molecule has 0 amide bonds. The van der Waals surface area contributed by atoms with Crippen LogP contribution in [0.2, 0.25) is 0 Å². The van der Waals surface area contributed by atoms with E-state index in [1.807, 2.05) is 0 Å². The first-order valence-electron chi connectivity index (χ1n) is 41.3. The fourth-order valence-corrected chi connectivity index (χ4v) is 13.6. The number of esters is 4. The second-order valence-corrected chi connectivity index (χ2v) is 32.3. The molecule has 100 heavy (non-hydrogen) atoms. The molecular weight excluding hydrogens is 1310 g/mol. The maximum absolute atomic E-state index is 13.1. The van der Waals surface area contributed by atoms with Crippen molar-refractivity contribution in [1.29, 1.82) is 0 Å². The van der Waals surface area contributed by atoms with E-state index in [0.29, 0.717) is 25.7 Å². The minimum atomic E-state index is -4.97. The quantitative estimate of drug-likeness (QED) is 0.0169. The van der Waals surface area contributed by atoms with Crippen molar-refractivity contribution in [3.8, 4) is 0 Å². The maximum atomic E-state index is 13.1. The van der Waals surface area contributed by atoms with Gasteiger partial charge in [-0.3, -0.25) is 37.3 Å². The first-order valence-corrected chi connectivity index (χ1v) is 44.3. The van der Waals surface area contributed by atoms with Gasteiger partial charge in [-0.2, -0.15) is 0 Å². The van der Waals surface area contributed by atoms with Crippen LogP contribution in [-0.2, 0) is 65.4 Å². The Balaban J connectivity index is 5.23. The van der Waals surface area contributed by atoms with Gasteiger partial charge in [-0.05, 0) is 63.2 Å². The summed E-state index contributed by atoms with van der Waals surface area (Å²) in [6, 6.07) is 0. The third-order valence-corrected chi connectivity index (χ3v) is 20.2. The van der Waals surface area contributed by atoms with E-state index in [-0.39, 0.29) is 25.7 Å². The van der Waals surface area contributed by atoms with Gasteiger partial charge in [0, 0.05) is 25.7 Å². The summed E-state index contributed by atoms with van der Waals surface area (Å²) in [5, 5.41) is 10.6. The van der Waals surface area contributed by atoms with Gasteiger partial charge in [0.25, 0.3) is 0 Å². The van der Waals surface area contributed by atoms with Crippen molar-refractivity contribution >= 4 is 39.5 Å². The zero-order valence-electron chi connectivity index (χ0n) is 65.0. The third-order valence-electron chi connectivity index (χ3n) is 18.3. The van der Waals surface area contributed by atoms with Crippen LogP contribution in [0.25, 0.3) is 0 Å². The topological polar surface area (TPSA) is 237 Å². The van der Waals surface area contributed by atoms with Crippen LogP contribution in [0.4, 0.5) is 0 Å². The molecule has 0 rings (SSSR count). The van der Waals surface area contributed by atoms with Gasteiger partial charge in [-0.1, -0.05) is 348 Å². The monoisotopic (exact) mass is 1460 g/mol. The maximum Gasteiger partial charge on any atom is 0.472 e. The summed E-state index contributed by atoms with van der Waals surface area (Å²) in [5.41, 5.74) is 0. The van der Waals surface area contributed by atoms with E-state index in [9.17, 15) is 43.2 Å². The molecule has 0 aliphatic rings. The van der Waals surface area contributed by atoms with Gasteiger partial charge in [-0.15, -0.1) is 0 Å². The molecule has 17 nitrogen and oxygen atoms in total. The summed E-state index contributed by atoms with van der Waals surface area (Å²) in [7, 11) is -9.93. The van der Waals surface area contributed by atoms with Gasteiger partial charge < -0.3 is 33.8 Å². The molecule has 0 aliphatic heterocycles. The molecule has 5 atom stereocenters. The Hall–Kier alpha value is -2.46. The molecule has 0 bridgehead atoms. The number of phosphoric acid groups is 2. The second kappa shape index (κ2) is 72.1. The Labute approximate surface area is 612 Å². The molecule has 0 aromatic heterocycles. The lowest BCUT2D eigenvalue weighted by molar-refractivity contribution is -0.161. The van der Waals surface area contributed by atoms with Gasteiger partial charge in [0.05, 0.1) is 26.4 Å². The molecule has 590 valence electrons. The second-order valence-electron chi connectivity index (χ2n) is 29.4. The highest BCUT2D eigenvalue weighted by Crippen LogP contribution is 2.45. The Morgan fingerprint density at radius 2 is 0.540 bits per heavy atom. The fourth-order valence-electron chi connectivity index (χ4n) is 12.0. The number of carbonyl (C=O) groups excluding carboxylic acids is 4. The highest BCUT2D eigenvalue weighted by Gasteiger charge is 2.30. The summed E-state index contributed by atoms with van der Waals surface area (Å²) in [6.45, 7) is 9.60. The first-order chi connectivity index (χ1) is 48.4. The van der Waals surface area contributed by atoms with Gasteiger partial charge in [0.15, 0.2) is 12.2 Å². The van der Waals surface area contributed by atoms with Gasteiger partial charge >= 0.3 is 39.5 Å². The normalized spacial score (nSPS) is 14.1. The minimum absolute atomic E-state index is 0.0850. The van der Waals surface area contributed by atoms with Crippen molar-refractivity contribution in [2.45, 2.75) is 419 Å². The van der Waals surface area contributed by atoms with E-state index in [1.165, 1.54) is 199 Å². The van der Waals surface area contributed by atoms with E-state index in [2.05, 4.69) is 65.8 Å². The van der Waals surface area contributed by atoms with Crippen molar-refractivity contribution in [2.75, 3.05) is 39.6 Å². The molecule has 3 N–H and O–H groups in total. The predicted molar refractivity (Wildman–Crippen MR) is 409 cm³/mol. The van der Waals surface area contributed by atoms with E-state index < -0.39 is 97.5 Å². The molecule has 0 spiro atoms. The van der Waals surface area contributed by atoms with E-state index in [0.717, 1.165) is 121 Å². The van der Waals surface area contributed by atoms with Crippen molar-refractivity contribution in [2.24, 2.45) is 11.8 Å². The molecular formula is C81H154O17P2. The zero-order chi connectivity index (χ0) is 73.5. The van der Waals surface area contributed by atoms with E-state index >= 15 is 0 Å². The van der Waals surface area contributed by atoms with Crippen LogP contribution in [0.15, 0.2) is 24.3 Å². The molecule has 0 aromatic carbocycles. The minimum Gasteiger partial charge on any atom is -0.462 e. The largest absolute Gasteiger partial charge is 0.472 e. The number of aliphatic hydroxyl groups is 1. The number of hydrogen-bond acceptors (Lipinski definition) is 15. The number of rotatable bonds is 78. The molecule has 0 fully saturated rings. The Morgan fingerprint density at radius 3 is 0.820 bits per heavy atom. The SMILES string of the molecule is CCCCCC/C=C\C=C/CCCCCCCC(=O)O[C@H](COC(=O)CCCCCCCCCC)COP(=O)(O)OC[C@H](O)COP(=O)(O)OC[C@@H](COC(=O)CCCCCCCCCCCCCCCCCC(C)C)OC(=O)CCCCCCCCCCCCCCCCCCC(C)C. The lowest BCUT2D eigenvalue weighted by atomic mass is 10.0. The van der Waals surface area contributed by atoms with Gasteiger partial charge in [0.2, 0.25) is 0 Å². The van der Waals surface area contributed by atoms with Crippen molar-refractivity contribution in [1.82, 2.24) is 0 Å². The Kier molecular flexibility index (Phi) is 70.3. The number of ether oxygens (including phenoxy) is 4. The van der Waals surface area contributed by atoms with Crippen LogP contribution in [0.5, 0.6) is 0 Å². The summed E-state index contributed by atoms with van der Waals surface area (Å²) in [4.78, 5) is 72.9. The highest BCUT2D eigenvalue weighted by molar-refractivity contribution is 7.47. The molecule has 0 radical (unpaired) electrons. The van der Waals surface area contributed by atoms with Gasteiger partial charge in [0.1, 0.15) is 19.3 Å². The van der Waals surface area contributed by atoms with Crippen LogP contribution in [0.1, 0.15) is 401 Å². The third kappa shape index (κ3) is 73.8. The standard InChI is InChI=1S/C81H154O17P2/c1-7-9-11-13-15-17-18-19-23-31-36-41-47-53-59-65-80(85)97-76(69-91-78(83)63-57-51-45-16-14-12-10-8-2)71-95-99(87,88)93-67-75(82)68-94-100(89,90)96-72-77(70-92-79(84)64-58-52-46-40-35-30-27-22-25-29-34-39-44-50-56-62-74(5)6)98-81(86)66-60-54-48-42-37-32-26-21-20-24-28-33-38-43-49-55-61-73(3)4/h17-19,23,73-77,82H,7-16,20-22,24-72H2,1-6H3,(H,87,88)(H,89,90)/b18-17-,23-19-/t75-,76+,77+/m0/s1. The van der Waals surface area contributed by atoms with Crippen molar-refractivity contribution < 1.29 is 80.2 Å². The Bertz CT molecular complexity index is 2020. The van der Waals surface area contributed by atoms with Gasteiger partial charge in [-0.25, -0.2) is 9.13 Å². The molecule has 0 aromatic rings. The van der Waals surface area contributed by atoms with Crippen LogP contribution in [0.3, 0.4) is 0 Å². The molecule has 0 heterocycles. The summed E-state index contributed by atoms with van der Waals surface area (Å²) >= 11 is 0. The van der Waals surface area contributed by atoms with Crippen molar-refractivity contribution in [3.05, 3.63) is 24.3 Å². The summed E-state index contributed by atoms with van der Waals surface area (Å²) < 4.78 is 68.6. The lowest BCUT2D eigenvalue weighted by Crippen LogP contribution is -2.30. The molecule has 19 heteroatoms. The molecule has 2 unspecified atom stereocenters. The first kappa shape index (κ1) is 97.5. The smallest absolute Gasteiger partial charge is 0.462 e. The zero-order valence-corrected chi connectivity index (χ0v) is 66.8. The Morgan fingerprint density at radius 1 is 0.310 bits per heavy atom. The fraction of sp³-hybridized carbons (Fsp3) is 0.901. The number of carbonyl (C=O) groups is 4. The number of hydrogen-bond donors (Lipinski definition) is 3. The van der Waals surface area contributed by atoms with Crippen molar-refractivity contribution in [3.63, 3.8) is 0 Å². The van der Waals surface area contributed by atoms with Crippen LogP contribution >= 0.6 is 15.6 Å². The summed E-state index contributed by atoms with van der Waals surface area (Å²) in [5.74, 6) is -0.529. The highest BCUT2D eigenvalue weighted by atomic mass is 31.2. The number of aliphatic hydroxyl groups excluding tert-OH is 1. The molecule has 0 saturated carbocycles. The number of phosphoric ester groups is 2. The van der Waals surface area contributed by atoms with E-state index in [4.69, 9.17) is 37.0 Å². The number of unbranched alkanes of at least 4 members (excludes halogenated alkanes) is 45. The average molecular weight is 1460 g/mol. The summed E-state index contributed by atoms with van der Waals surface area (Å²) in [6.07, 6.45) is 64.7.